The number of ketones is 1. The van der Waals surface area contributed by atoms with Crippen molar-refractivity contribution in [3.05, 3.63) is 71.8 Å². The maximum atomic E-state index is 12.4. The zero-order chi connectivity index (χ0) is 22.0. The van der Waals surface area contributed by atoms with Crippen molar-refractivity contribution in [2.24, 2.45) is 0 Å². The SMILES string of the molecule is COC(=O)C(CCC(=O)c1ccccc1)NC(C)(C)CC(=O)OCc1ccccc1. The lowest BCUT2D eigenvalue weighted by molar-refractivity contribution is -0.148. The van der Waals surface area contributed by atoms with E-state index in [1.165, 1.54) is 7.11 Å². The van der Waals surface area contributed by atoms with E-state index in [1.807, 2.05) is 50.2 Å². The summed E-state index contributed by atoms with van der Waals surface area (Å²) in [6.07, 6.45) is 0.522. The fraction of sp³-hybridized carbons (Fsp3) is 0.375. The van der Waals surface area contributed by atoms with Gasteiger partial charge in [-0.3, -0.25) is 19.7 Å². The van der Waals surface area contributed by atoms with Gasteiger partial charge in [0, 0.05) is 17.5 Å². The van der Waals surface area contributed by atoms with Crippen LogP contribution in [0.1, 0.15) is 49.0 Å². The van der Waals surface area contributed by atoms with Gasteiger partial charge in [-0.05, 0) is 25.8 Å². The number of carbonyl (C=O) groups is 3. The number of rotatable bonds is 11. The largest absolute Gasteiger partial charge is 0.468 e. The first kappa shape index (κ1) is 23.3. The Morgan fingerprint density at radius 3 is 2.17 bits per heavy atom. The summed E-state index contributed by atoms with van der Waals surface area (Å²) in [5.41, 5.74) is 0.788. The van der Waals surface area contributed by atoms with E-state index in [-0.39, 0.29) is 37.6 Å². The van der Waals surface area contributed by atoms with Gasteiger partial charge in [0.15, 0.2) is 5.78 Å². The molecule has 0 spiro atoms. The summed E-state index contributed by atoms with van der Waals surface area (Å²) >= 11 is 0. The fourth-order valence-corrected chi connectivity index (χ4v) is 3.11. The van der Waals surface area contributed by atoms with E-state index in [1.54, 1.807) is 24.3 Å². The van der Waals surface area contributed by atoms with E-state index in [9.17, 15) is 14.4 Å². The predicted molar refractivity (Wildman–Crippen MR) is 114 cm³/mol. The molecule has 1 unspecified atom stereocenters. The summed E-state index contributed by atoms with van der Waals surface area (Å²) in [5, 5.41) is 3.15. The summed E-state index contributed by atoms with van der Waals surface area (Å²) in [5.74, 6) is -0.895. The molecule has 0 heterocycles. The Labute approximate surface area is 177 Å². The minimum Gasteiger partial charge on any atom is -0.468 e. The van der Waals surface area contributed by atoms with E-state index >= 15 is 0 Å². The minimum absolute atomic E-state index is 0.0496. The van der Waals surface area contributed by atoms with Gasteiger partial charge in [-0.1, -0.05) is 60.7 Å². The highest BCUT2D eigenvalue weighted by Crippen LogP contribution is 2.16. The first-order valence-electron chi connectivity index (χ1n) is 9.94. The Bertz CT molecular complexity index is 833. The van der Waals surface area contributed by atoms with Crippen LogP contribution in [-0.2, 0) is 25.7 Å². The maximum absolute atomic E-state index is 12.4. The summed E-state index contributed by atoms with van der Waals surface area (Å²) < 4.78 is 10.2. The standard InChI is InChI=1S/C24H29NO5/c1-24(2,16-22(27)30-17-18-10-6-4-7-11-18)25-20(23(28)29-3)14-15-21(26)19-12-8-5-9-13-19/h4-13,20,25H,14-17H2,1-3H3. The van der Waals surface area contributed by atoms with Crippen LogP contribution in [0.3, 0.4) is 0 Å². The fourth-order valence-electron chi connectivity index (χ4n) is 3.11. The zero-order valence-corrected chi connectivity index (χ0v) is 17.7. The average molecular weight is 411 g/mol. The molecule has 0 aliphatic rings. The maximum Gasteiger partial charge on any atom is 0.322 e. The molecule has 0 saturated heterocycles. The van der Waals surface area contributed by atoms with Crippen LogP contribution in [0.25, 0.3) is 0 Å². The highest BCUT2D eigenvalue weighted by Gasteiger charge is 2.30. The third kappa shape index (κ3) is 7.79. The van der Waals surface area contributed by atoms with Crippen LogP contribution in [0.15, 0.2) is 60.7 Å². The summed E-state index contributed by atoms with van der Waals surface area (Å²) in [6, 6.07) is 17.6. The van der Waals surface area contributed by atoms with Gasteiger partial charge in [0.05, 0.1) is 13.5 Å². The normalized spacial score (nSPS) is 12.1. The molecule has 30 heavy (non-hydrogen) atoms. The van der Waals surface area contributed by atoms with E-state index in [2.05, 4.69) is 5.32 Å². The molecule has 1 N–H and O–H groups in total. The van der Waals surface area contributed by atoms with Gasteiger partial charge in [0.25, 0.3) is 0 Å². The number of benzene rings is 2. The van der Waals surface area contributed by atoms with Crippen molar-refractivity contribution in [2.75, 3.05) is 7.11 Å². The lowest BCUT2D eigenvalue weighted by Crippen LogP contribution is -2.51. The summed E-state index contributed by atoms with van der Waals surface area (Å²) in [4.78, 5) is 36.9. The van der Waals surface area contributed by atoms with Crippen LogP contribution in [0.2, 0.25) is 0 Å². The third-order valence-corrected chi connectivity index (χ3v) is 4.64. The number of ether oxygens (including phenoxy) is 2. The Kier molecular flexibility index (Phi) is 8.74. The molecule has 0 aliphatic carbocycles. The molecule has 1 atom stereocenters. The number of nitrogens with one attached hydrogen (secondary N) is 1. The van der Waals surface area contributed by atoms with Gasteiger partial charge in [-0.25, -0.2) is 0 Å². The Balaban J connectivity index is 1.90. The topological polar surface area (TPSA) is 81.7 Å². The van der Waals surface area contributed by atoms with Crippen molar-refractivity contribution in [2.45, 2.75) is 51.3 Å². The zero-order valence-electron chi connectivity index (χ0n) is 17.7. The highest BCUT2D eigenvalue weighted by atomic mass is 16.5. The Hall–Kier alpha value is -2.99. The number of hydrogen-bond donors (Lipinski definition) is 1. The van der Waals surface area contributed by atoms with Crippen LogP contribution in [0.4, 0.5) is 0 Å². The number of methoxy groups -OCH3 is 1. The molecule has 0 aromatic heterocycles. The first-order chi connectivity index (χ1) is 14.3. The number of Topliss-reactive ketones (excluding diaryl/α,β-unsaturated/α-hetero) is 1. The molecule has 0 amide bonds. The van der Waals surface area contributed by atoms with Gasteiger partial charge in [0.1, 0.15) is 12.6 Å². The molecular weight excluding hydrogens is 382 g/mol. The molecule has 2 rings (SSSR count). The van der Waals surface area contributed by atoms with E-state index < -0.39 is 17.6 Å². The lowest BCUT2D eigenvalue weighted by atomic mass is 9.96. The van der Waals surface area contributed by atoms with Gasteiger partial charge in [-0.2, -0.15) is 0 Å². The molecule has 6 nitrogen and oxygen atoms in total. The molecular formula is C24H29NO5. The second-order valence-electron chi connectivity index (χ2n) is 7.75. The van der Waals surface area contributed by atoms with Gasteiger partial charge in [-0.15, -0.1) is 0 Å². The summed E-state index contributed by atoms with van der Waals surface area (Å²) in [6.45, 7) is 3.82. The van der Waals surface area contributed by atoms with Crippen molar-refractivity contribution in [1.29, 1.82) is 0 Å². The highest BCUT2D eigenvalue weighted by molar-refractivity contribution is 5.96. The van der Waals surface area contributed by atoms with Gasteiger partial charge >= 0.3 is 11.9 Å². The third-order valence-electron chi connectivity index (χ3n) is 4.64. The van der Waals surface area contributed by atoms with Crippen molar-refractivity contribution >= 4 is 17.7 Å². The van der Waals surface area contributed by atoms with Crippen LogP contribution in [-0.4, -0.2) is 36.4 Å². The molecule has 0 saturated carbocycles. The van der Waals surface area contributed by atoms with Crippen LogP contribution < -0.4 is 5.32 Å². The number of carbonyl (C=O) groups excluding carboxylic acids is 3. The van der Waals surface area contributed by atoms with Crippen LogP contribution in [0.5, 0.6) is 0 Å². The lowest BCUT2D eigenvalue weighted by Gasteiger charge is -2.30. The first-order valence-corrected chi connectivity index (χ1v) is 9.94. The van der Waals surface area contributed by atoms with Gasteiger partial charge in [0.2, 0.25) is 0 Å². The smallest absolute Gasteiger partial charge is 0.322 e. The van der Waals surface area contributed by atoms with Crippen molar-refractivity contribution < 1.29 is 23.9 Å². The van der Waals surface area contributed by atoms with E-state index in [0.29, 0.717) is 5.56 Å². The van der Waals surface area contributed by atoms with E-state index in [4.69, 9.17) is 9.47 Å². The summed E-state index contributed by atoms with van der Waals surface area (Å²) in [7, 11) is 1.30. The molecule has 0 fully saturated rings. The predicted octanol–water partition coefficient (Wildman–Crippen LogP) is 3.69. The molecule has 160 valence electrons. The quantitative estimate of drug-likeness (QED) is 0.449. The van der Waals surface area contributed by atoms with Crippen LogP contribution >= 0.6 is 0 Å². The molecule has 0 bridgehead atoms. The number of esters is 2. The molecule has 6 heteroatoms. The van der Waals surface area contributed by atoms with Crippen molar-refractivity contribution in [1.82, 2.24) is 5.32 Å². The van der Waals surface area contributed by atoms with E-state index in [0.717, 1.165) is 5.56 Å². The van der Waals surface area contributed by atoms with Crippen LogP contribution in [0, 0.1) is 0 Å². The average Bonchev–Trinajstić information content (AvgIpc) is 2.75. The molecule has 2 aromatic rings. The molecule has 0 radical (unpaired) electrons. The molecule has 2 aromatic carbocycles. The van der Waals surface area contributed by atoms with Gasteiger partial charge < -0.3 is 9.47 Å². The number of hydrogen-bond acceptors (Lipinski definition) is 6. The van der Waals surface area contributed by atoms with Crippen molar-refractivity contribution in [3.8, 4) is 0 Å². The monoisotopic (exact) mass is 411 g/mol. The minimum atomic E-state index is -0.720. The molecule has 0 aliphatic heterocycles. The Morgan fingerprint density at radius 2 is 1.57 bits per heavy atom. The second kappa shape index (κ2) is 11.3. The van der Waals surface area contributed by atoms with Crippen molar-refractivity contribution in [3.63, 3.8) is 0 Å². The Morgan fingerprint density at radius 1 is 0.967 bits per heavy atom. The second-order valence-corrected chi connectivity index (χ2v) is 7.75.